The molecule has 0 amide bonds. The van der Waals surface area contributed by atoms with Crippen LogP contribution in [0.3, 0.4) is 0 Å². The van der Waals surface area contributed by atoms with E-state index in [1.807, 2.05) is 12.1 Å². The van der Waals surface area contributed by atoms with E-state index >= 15 is 0 Å². The molecule has 0 bridgehead atoms. The van der Waals surface area contributed by atoms with Crippen LogP contribution in [0.15, 0.2) is 48.5 Å². The van der Waals surface area contributed by atoms with Crippen molar-refractivity contribution in [3.05, 3.63) is 54.1 Å². The zero-order valence-corrected chi connectivity index (χ0v) is 13.5. The highest BCUT2D eigenvalue weighted by Crippen LogP contribution is 2.25. The van der Waals surface area contributed by atoms with Crippen LogP contribution in [0.2, 0.25) is 0 Å². The zero-order valence-electron chi connectivity index (χ0n) is 13.5. The Kier molecular flexibility index (Phi) is 4.76. The Morgan fingerprint density at radius 2 is 1.59 bits per heavy atom. The first-order chi connectivity index (χ1) is 10.7. The fourth-order valence-corrected chi connectivity index (χ4v) is 2.92. The molecule has 0 unspecified atom stereocenters. The number of hydrogen-bond donors (Lipinski definition) is 0. The van der Waals surface area contributed by atoms with Crippen molar-refractivity contribution in [2.45, 2.75) is 6.54 Å². The second kappa shape index (κ2) is 6.95. The molecule has 0 radical (unpaired) electrons. The smallest absolute Gasteiger partial charge is 0.119 e. The molecule has 1 fully saturated rings. The molecular formula is C19H24N2O. The van der Waals surface area contributed by atoms with Crippen LogP contribution in [-0.2, 0) is 6.54 Å². The molecule has 3 nitrogen and oxygen atoms in total. The first-order valence-corrected chi connectivity index (χ1v) is 7.89. The molecule has 0 aromatic heterocycles. The van der Waals surface area contributed by atoms with Crippen LogP contribution in [0, 0.1) is 0 Å². The number of benzene rings is 2. The van der Waals surface area contributed by atoms with Crippen LogP contribution in [0.1, 0.15) is 5.56 Å². The quantitative estimate of drug-likeness (QED) is 0.862. The van der Waals surface area contributed by atoms with Gasteiger partial charge in [0.05, 0.1) is 7.11 Å². The lowest BCUT2D eigenvalue weighted by Gasteiger charge is -2.32. The number of piperazine rings is 1. The summed E-state index contributed by atoms with van der Waals surface area (Å²) in [6.45, 7) is 5.66. The Balaban J connectivity index is 1.74. The predicted octanol–water partition coefficient (Wildman–Crippen LogP) is 3.11. The zero-order chi connectivity index (χ0) is 15.4. The lowest BCUT2D eigenvalue weighted by atomic mass is 10.0. The number of likely N-dealkylation sites (N-methyl/N-ethyl adjacent to an activating group) is 1. The lowest BCUT2D eigenvalue weighted by molar-refractivity contribution is 0.148. The summed E-state index contributed by atoms with van der Waals surface area (Å²) in [7, 11) is 3.91. The minimum atomic E-state index is 0.905. The van der Waals surface area contributed by atoms with Crippen molar-refractivity contribution in [2.75, 3.05) is 40.3 Å². The number of hydrogen-bond acceptors (Lipinski definition) is 3. The average Bonchev–Trinajstić information content (AvgIpc) is 2.57. The molecular weight excluding hydrogens is 272 g/mol. The van der Waals surface area contributed by atoms with Gasteiger partial charge in [-0.1, -0.05) is 30.3 Å². The first-order valence-electron chi connectivity index (χ1n) is 7.89. The van der Waals surface area contributed by atoms with Gasteiger partial charge in [-0.05, 0) is 41.9 Å². The summed E-state index contributed by atoms with van der Waals surface area (Å²) in [5.74, 6) is 0.905. The van der Waals surface area contributed by atoms with Crippen LogP contribution in [0.5, 0.6) is 5.75 Å². The van der Waals surface area contributed by atoms with E-state index in [1.165, 1.54) is 16.7 Å². The molecule has 116 valence electrons. The fourth-order valence-electron chi connectivity index (χ4n) is 2.92. The normalized spacial score (nSPS) is 16.6. The van der Waals surface area contributed by atoms with Crippen molar-refractivity contribution in [2.24, 2.45) is 0 Å². The largest absolute Gasteiger partial charge is 0.497 e. The molecule has 2 aromatic carbocycles. The summed E-state index contributed by atoms with van der Waals surface area (Å²) in [6.07, 6.45) is 0. The molecule has 1 aliphatic heterocycles. The third-order valence-electron chi connectivity index (χ3n) is 4.33. The average molecular weight is 296 g/mol. The van der Waals surface area contributed by atoms with Crippen molar-refractivity contribution < 1.29 is 4.74 Å². The van der Waals surface area contributed by atoms with Crippen LogP contribution >= 0.6 is 0 Å². The molecule has 1 aliphatic rings. The molecule has 2 aromatic rings. The maximum Gasteiger partial charge on any atom is 0.119 e. The predicted molar refractivity (Wildman–Crippen MR) is 91.2 cm³/mol. The summed E-state index contributed by atoms with van der Waals surface area (Å²) in [4.78, 5) is 4.92. The Morgan fingerprint density at radius 1 is 0.909 bits per heavy atom. The SMILES string of the molecule is COc1cccc(-c2cccc(CN3CCN(C)CC3)c2)c1. The van der Waals surface area contributed by atoms with Crippen molar-refractivity contribution in [3.63, 3.8) is 0 Å². The molecule has 0 aliphatic carbocycles. The molecule has 0 saturated carbocycles. The minimum Gasteiger partial charge on any atom is -0.497 e. The minimum absolute atomic E-state index is 0.905. The summed E-state index contributed by atoms with van der Waals surface area (Å²) < 4.78 is 5.33. The lowest BCUT2D eigenvalue weighted by Crippen LogP contribution is -2.43. The van der Waals surface area contributed by atoms with Gasteiger partial charge in [-0.15, -0.1) is 0 Å². The number of ether oxygens (including phenoxy) is 1. The monoisotopic (exact) mass is 296 g/mol. The van der Waals surface area contributed by atoms with Crippen molar-refractivity contribution in [1.82, 2.24) is 9.80 Å². The highest BCUT2D eigenvalue weighted by atomic mass is 16.5. The van der Waals surface area contributed by atoms with E-state index in [-0.39, 0.29) is 0 Å². The fraction of sp³-hybridized carbons (Fsp3) is 0.368. The van der Waals surface area contributed by atoms with Gasteiger partial charge in [0.2, 0.25) is 0 Å². The van der Waals surface area contributed by atoms with Gasteiger partial charge in [-0.25, -0.2) is 0 Å². The van der Waals surface area contributed by atoms with E-state index in [0.717, 1.165) is 38.5 Å². The van der Waals surface area contributed by atoms with Crippen LogP contribution < -0.4 is 4.74 Å². The van der Waals surface area contributed by atoms with Crippen molar-refractivity contribution >= 4 is 0 Å². The van der Waals surface area contributed by atoms with Gasteiger partial charge in [0.15, 0.2) is 0 Å². The standard InChI is InChI=1S/C19H24N2O/c1-20-9-11-21(12-10-20)15-16-5-3-6-17(13-16)18-7-4-8-19(14-18)22-2/h3-8,13-14H,9-12,15H2,1-2H3. The molecule has 1 heterocycles. The molecule has 1 saturated heterocycles. The van der Waals surface area contributed by atoms with E-state index in [2.05, 4.69) is 53.2 Å². The third kappa shape index (κ3) is 3.67. The van der Waals surface area contributed by atoms with Gasteiger partial charge in [-0.3, -0.25) is 4.90 Å². The van der Waals surface area contributed by atoms with E-state index in [4.69, 9.17) is 4.74 Å². The highest BCUT2D eigenvalue weighted by molar-refractivity contribution is 5.65. The molecule has 0 N–H and O–H groups in total. The molecule has 0 atom stereocenters. The first kappa shape index (κ1) is 15.1. The van der Waals surface area contributed by atoms with Gasteiger partial charge in [0, 0.05) is 32.7 Å². The molecule has 3 heteroatoms. The van der Waals surface area contributed by atoms with E-state index in [0.29, 0.717) is 0 Å². The highest BCUT2D eigenvalue weighted by Gasteiger charge is 2.14. The van der Waals surface area contributed by atoms with Crippen LogP contribution in [-0.4, -0.2) is 50.1 Å². The summed E-state index contributed by atoms with van der Waals surface area (Å²) in [6, 6.07) is 17.1. The molecule has 0 spiro atoms. The summed E-state index contributed by atoms with van der Waals surface area (Å²) >= 11 is 0. The van der Waals surface area contributed by atoms with Gasteiger partial charge < -0.3 is 9.64 Å². The second-order valence-corrected chi connectivity index (χ2v) is 6.01. The van der Waals surface area contributed by atoms with Gasteiger partial charge in [0.1, 0.15) is 5.75 Å². The van der Waals surface area contributed by atoms with Gasteiger partial charge in [-0.2, -0.15) is 0 Å². The maximum atomic E-state index is 5.33. The van der Waals surface area contributed by atoms with E-state index < -0.39 is 0 Å². The Hall–Kier alpha value is -1.84. The van der Waals surface area contributed by atoms with Gasteiger partial charge >= 0.3 is 0 Å². The van der Waals surface area contributed by atoms with E-state index in [9.17, 15) is 0 Å². The van der Waals surface area contributed by atoms with Crippen LogP contribution in [0.25, 0.3) is 11.1 Å². The number of methoxy groups -OCH3 is 1. The number of rotatable bonds is 4. The Labute approximate surface area is 133 Å². The van der Waals surface area contributed by atoms with E-state index in [1.54, 1.807) is 7.11 Å². The van der Waals surface area contributed by atoms with Crippen molar-refractivity contribution in [1.29, 1.82) is 0 Å². The van der Waals surface area contributed by atoms with Crippen molar-refractivity contribution in [3.8, 4) is 16.9 Å². The topological polar surface area (TPSA) is 15.7 Å². The molecule has 22 heavy (non-hydrogen) atoms. The second-order valence-electron chi connectivity index (χ2n) is 6.01. The summed E-state index contributed by atoms with van der Waals surface area (Å²) in [5, 5.41) is 0. The maximum absolute atomic E-state index is 5.33. The summed E-state index contributed by atoms with van der Waals surface area (Å²) in [5.41, 5.74) is 3.84. The molecule has 3 rings (SSSR count). The van der Waals surface area contributed by atoms with Gasteiger partial charge in [0.25, 0.3) is 0 Å². The Morgan fingerprint density at radius 3 is 2.32 bits per heavy atom. The third-order valence-corrected chi connectivity index (χ3v) is 4.33. The Bertz CT molecular complexity index is 618. The number of nitrogens with zero attached hydrogens (tertiary/aromatic N) is 2. The van der Waals surface area contributed by atoms with Crippen LogP contribution in [0.4, 0.5) is 0 Å².